The zero-order valence-corrected chi connectivity index (χ0v) is 24.0. The van der Waals surface area contributed by atoms with E-state index in [-0.39, 0.29) is 22.0 Å². The molecule has 1 aromatic heterocycles. The molecule has 0 saturated heterocycles. The first kappa shape index (κ1) is 28.0. The van der Waals surface area contributed by atoms with Crippen LogP contribution in [0.25, 0.3) is 22.0 Å². The lowest BCUT2D eigenvalue weighted by atomic mass is 9.87. The third-order valence-corrected chi connectivity index (χ3v) is 8.40. The van der Waals surface area contributed by atoms with Gasteiger partial charge in [0.1, 0.15) is 11.4 Å². The number of phenolic OH excluding ortho intramolecular Hbond substituents is 1. The van der Waals surface area contributed by atoms with E-state index in [9.17, 15) is 18.3 Å². The molecule has 7 nitrogen and oxygen atoms in total. The number of H-pyrrole nitrogens is 1. The van der Waals surface area contributed by atoms with E-state index in [4.69, 9.17) is 0 Å². The van der Waals surface area contributed by atoms with Gasteiger partial charge in [0.05, 0.1) is 4.90 Å². The lowest BCUT2D eigenvalue weighted by Gasteiger charge is -2.19. The number of sulfonamides is 1. The van der Waals surface area contributed by atoms with Crippen molar-refractivity contribution in [3.8, 4) is 16.9 Å². The van der Waals surface area contributed by atoms with Gasteiger partial charge in [-0.2, -0.15) is 0 Å². The largest absolute Gasteiger partial charge is 0.508 e. The second-order valence-electron chi connectivity index (χ2n) is 11.1. The third kappa shape index (κ3) is 6.28. The van der Waals surface area contributed by atoms with E-state index < -0.39 is 10.0 Å². The number of carbonyl (C=O) groups excluding carboxylic acids is 1. The molecule has 4 aromatic carbocycles. The van der Waals surface area contributed by atoms with E-state index in [1.165, 1.54) is 0 Å². The minimum absolute atomic E-state index is 0.0849. The lowest BCUT2D eigenvalue weighted by Crippen LogP contribution is -2.26. The van der Waals surface area contributed by atoms with Crippen molar-refractivity contribution in [1.29, 1.82) is 0 Å². The maximum atomic E-state index is 13.4. The molecule has 0 aliphatic carbocycles. The fourth-order valence-electron chi connectivity index (χ4n) is 4.75. The summed E-state index contributed by atoms with van der Waals surface area (Å²) in [5.74, 6) is -0.0663. The number of rotatable bonds is 8. The second-order valence-corrected chi connectivity index (χ2v) is 12.7. The smallest absolute Gasteiger partial charge is 0.268 e. The van der Waals surface area contributed by atoms with Crippen LogP contribution in [0.4, 0.5) is 5.69 Å². The Labute approximate surface area is 240 Å². The average Bonchev–Trinajstić information content (AvgIpc) is 3.33. The molecule has 210 valence electrons. The Morgan fingerprint density at radius 3 is 2.22 bits per heavy atom. The van der Waals surface area contributed by atoms with Gasteiger partial charge in [0.25, 0.3) is 15.9 Å². The van der Waals surface area contributed by atoms with Gasteiger partial charge in [-0.3, -0.25) is 9.52 Å². The Kier molecular flexibility index (Phi) is 7.60. The molecule has 1 amide bonds. The Hall–Kier alpha value is -4.56. The lowest BCUT2D eigenvalue weighted by molar-refractivity contribution is 0.0950. The Morgan fingerprint density at radius 2 is 1.56 bits per heavy atom. The first-order valence-electron chi connectivity index (χ1n) is 13.4. The summed E-state index contributed by atoms with van der Waals surface area (Å²) < 4.78 is 29.1. The fraction of sp³-hybridized carbons (Fsp3) is 0.182. The maximum absolute atomic E-state index is 13.4. The molecule has 0 radical (unpaired) electrons. The van der Waals surface area contributed by atoms with Crippen molar-refractivity contribution in [3.05, 3.63) is 114 Å². The minimum atomic E-state index is -3.83. The first-order chi connectivity index (χ1) is 19.5. The summed E-state index contributed by atoms with van der Waals surface area (Å²) in [4.78, 5) is 16.8. The number of phenols is 1. The number of benzene rings is 4. The van der Waals surface area contributed by atoms with E-state index in [0.29, 0.717) is 35.4 Å². The molecular formula is C33H33N3O4S. The zero-order valence-electron chi connectivity index (χ0n) is 23.2. The highest BCUT2D eigenvalue weighted by Crippen LogP contribution is 2.35. The van der Waals surface area contributed by atoms with Crippen molar-refractivity contribution in [2.45, 2.75) is 37.5 Å². The summed E-state index contributed by atoms with van der Waals surface area (Å²) >= 11 is 0. The second kappa shape index (κ2) is 11.1. The molecule has 0 aliphatic rings. The minimum Gasteiger partial charge on any atom is -0.508 e. The fourth-order valence-corrected chi connectivity index (χ4v) is 5.80. The number of hydrogen-bond donors (Lipinski definition) is 4. The van der Waals surface area contributed by atoms with Gasteiger partial charge in [-0.25, -0.2) is 8.42 Å². The van der Waals surface area contributed by atoms with Crippen LogP contribution in [0, 0.1) is 0 Å². The van der Waals surface area contributed by atoms with Crippen molar-refractivity contribution < 1.29 is 18.3 Å². The number of aromatic hydroxyl groups is 1. The SMILES string of the molecule is CC(C)(C)c1ccc(S(=O)(=O)Nc2ccc3[nH]c(C(=O)NCCc4ccc(O)cc4)c(-c4ccccc4)c3c2)cc1. The zero-order chi connectivity index (χ0) is 29.2. The number of nitrogens with one attached hydrogen (secondary N) is 3. The topological polar surface area (TPSA) is 111 Å². The molecule has 5 rings (SSSR count). The highest BCUT2D eigenvalue weighted by atomic mass is 32.2. The van der Waals surface area contributed by atoms with Gasteiger partial charge in [0.15, 0.2) is 0 Å². The van der Waals surface area contributed by atoms with E-state index in [1.807, 2.05) is 54.6 Å². The van der Waals surface area contributed by atoms with Crippen LogP contribution in [0.15, 0.2) is 102 Å². The van der Waals surface area contributed by atoms with E-state index >= 15 is 0 Å². The van der Waals surface area contributed by atoms with Gasteiger partial charge in [0.2, 0.25) is 0 Å². The van der Waals surface area contributed by atoms with E-state index in [1.54, 1.807) is 42.5 Å². The van der Waals surface area contributed by atoms with Crippen LogP contribution in [0.5, 0.6) is 5.75 Å². The van der Waals surface area contributed by atoms with Crippen LogP contribution in [0.3, 0.4) is 0 Å². The molecule has 0 saturated carbocycles. The average molecular weight is 568 g/mol. The number of amides is 1. The Balaban J connectivity index is 1.44. The van der Waals surface area contributed by atoms with Gasteiger partial charge in [-0.1, -0.05) is 75.4 Å². The van der Waals surface area contributed by atoms with Crippen molar-refractivity contribution in [2.75, 3.05) is 11.3 Å². The number of carbonyl (C=O) groups is 1. The van der Waals surface area contributed by atoms with Crippen molar-refractivity contribution >= 4 is 32.5 Å². The molecule has 0 atom stereocenters. The third-order valence-electron chi connectivity index (χ3n) is 7.01. The first-order valence-corrected chi connectivity index (χ1v) is 14.9. The van der Waals surface area contributed by atoms with Gasteiger partial charge in [-0.05, 0) is 71.0 Å². The van der Waals surface area contributed by atoms with Crippen molar-refractivity contribution in [1.82, 2.24) is 10.3 Å². The van der Waals surface area contributed by atoms with Gasteiger partial charge < -0.3 is 15.4 Å². The molecular weight excluding hydrogens is 534 g/mol. The van der Waals surface area contributed by atoms with Crippen LogP contribution in [0.2, 0.25) is 0 Å². The predicted molar refractivity (Wildman–Crippen MR) is 164 cm³/mol. The predicted octanol–water partition coefficient (Wildman–Crippen LogP) is 6.61. The Bertz CT molecular complexity index is 1790. The van der Waals surface area contributed by atoms with Crippen LogP contribution < -0.4 is 10.0 Å². The van der Waals surface area contributed by atoms with Gasteiger partial charge in [0, 0.05) is 28.7 Å². The van der Waals surface area contributed by atoms with Crippen LogP contribution in [0.1, 0.15) is 42.4 Å². The molecule has 0 fully saturated rings. The van der Waals surface area contributed by atoms with Crippen LogP contribution in [-0.2, 0) is 21.9 Å². The van der Waals surface area contributed by atoms with Gasteiger partial charge >= 0.3 is 0 Å². The number of anilines is 1. The quantitative estimate of drug-likeness (QED) is 0.169. The molecule has 0 bridgehead atoms. The van der Waals surface area contributed by atoms with E-state index in [2.05, 4.69) is 35.8 Å². The summed E-state index contributed by atoms with van der Waals surface area (Å²) in [5, 5.41) is 13.2. The highest BCUT2D eigenvalue weighted by Gasteiger charge is 2.21. The summed E-state index contributed by atoms with van der Waals surface area (Å²) in [5.41, 5.74) is 4.99. The maximum Gasteiger partial charge on any atom is 0.268 e. The summed E-state index contributed by atoms with van der Waals surface area (Å²) in [6, 6.07) is 28.5. The van der Waals surface area contributed by atoms with E-state index in [0.717, 1.165) is 22.1 Å². The van der Waals surface area contributed by atoms with Crippen LogP contribution >= 0.6 is 0 Å². The summed E-state index contributed by atoms with van der Waals surface area (Å²) in [6.07, 6.45) is 0.607. The van der Waals surface area contributed by atoms with Gasteiger partial charge in [-0.15, -0.1) is 0 Å². The van der Waals surface area contributed by atoms with Crippen LogP contribution in [-0.4, -0.2) is 31.0 Å². The molecule has 5 aromatic rings. The highest BCUT2D eigenvalue weighted by molar-refractivity contribution is 7.92. The summed E-state index contributed by atoms with van der Waals surface area (Å²) in [7, 11) is -3.83. The normalized spacial score (nSPS) is 11.9. The van der Waals surface area contributed by atoms with Crippen molar-refractivity contribution in [2.24, 2.45) is 0 Å². The molecule has 41 heavy (non-hydrogen) atoms. The molecule has 1 heterocycles. The molecule has 8 heteroatoms. The monoisotopic (exact) mass is 567 g/mol. The molecule has 4 N–H and O–H groups in total. The summed E-state index contributed by atoms with van der Waals surface area (Å²) in [6.45, 7) is 6.65. The molecule has 0 aliphatic heterocycles. The Morgan fingerprint density at radius 1 is 0.878 bits per heavy atom. The number of hydrogen-bond acceptors (Lipinski definition) is 4. The number of aromatic amines is 1. The molecule has 0 unspecified atom stereocenters. The molecule has 0 spiro atoms. The van der Waals surface area contributed by atoms with Crippen molar-refractivity contribution in [3.63, 3.8) is 0 Å². The number of fused-ring (bicyclic) bond motifs is 1. The standard InChI is InChI=1S/C33H33N3O4S/c1-33(2,3)24-11-16-27(17-12-24)41(39,40)36-25-13-18-29-28(21-25)30(23-7-5-4-6-8-23)31(35-29)32(38)34-20-19-22-9-14-26(37)15-10-22/h4-18,21,35-37H,19-20H2,1-3H3,(H,34,38). The number of aromatic nitrogens is 1.